The first-order chi connectivity index (χ1) is 32.6. The average molecular weight is 1050 g/mol. The Labute approximate surface area is 408 Å². The van der Waals surface area contributed by atoms with E-state index in [0.717, 1.165) is 12.1 Å². The predicted octanol–water partition coefficient (Wildman–Crippen LogP) is 7.07. The maximum absolute atomic E-state index is 12.8. The van der Waals surface area contributed by atoms with Gasteiger partial charge in [-0.25, -0.2) is 0 Å². The van der Waals surface area contributed by atoms with E-state index in [2.05, 4.69) is 6.58 Å². The van der Waals surface area contributed by atoms with Crippen LogP contribution in [0.2, 0.25) is 0 Å². The molecule has 2 atom stereocenters. The summed E-state index contributed by atoms with van der Waals surface area (Å²) in [5, 5.41) is 9.42. The van der Waals surface area contributed by atoms with Gasteiger partial charge in [0, 0.05) is 73.4 Å². The molecule has 0 aliphatic carbocycles. The summed E-state index contributed by atoms with van der Waals surface area (Å²) in [6.07, 6.45) is 6.80. The van der Waals surface area contributed by atoms with Gasteiger partial charge in [-0.05, 0) is 109 Å². The Bertz CT molecular complexity index is 3170. The Balaban J connectivity index is 1.78. The fourth-order valence-electron chi connectivity index (χ4n) is 9.08. The van der Waals surface area contributed by atoms with E-state index in [9.17, 15) is 61.8 Å². The molecule has 0 aromatic heterocycles. The van der Waals surface area contributed by atoms with Gasteiger partial charge in [0.25, 0.3) is 40.5 Å². The molecule has 19 nitrogen and oxygen atoms in total. The number of aryl methyl sites for hydroxylation is 1. The minimum absolute atomic E-state index is 0.0324. The molecule has 5 N–H and O–H groups in total. The van der Waals surface area contributed by atoms with Gasteiger partial charge >= 0.3 is 5.97 Å². The number of rotatable bonds is 26. The number of benzene rings is 4. The Kier molecular flexibility index (Phi) is 18.0. The molecule has 1 aliphatic heterocycles. The lowest BCUT2D eigenvalue weighted by molar-refractivity contribution is -0.137. The smallest absolute Gasteiger partial charge is 0.303 e. The van der Waals surface area contributed by atoms with Gasteiger partial charge in [0.1, 0.15) is 9.79 Å². The van der Waals surface area contributed by atoms with Crippen molar-refractivity contribution in [2.45, 2.75) is 89.7 Å². The molecule has 0 radical (unpaired) electrons. The topological polar surface area (TPSA) is 295 Å². The number of hydrogen-bond donors (Lipinski definition) is 5. The van der Waals surface area contributed by atoms with Crippen molar-refractivity contribution >= 4 is 73.7 Å². The second-order valence-electron chi connectivity index (χ2n) is 17.3. The summed E-state index contributed by atoms with van der Waals surface area (Å²) in [5.41, 5.74) is 0.585. The number of unbranched alkanes of at least 4 members (excludes halogenated alkanes) is 2. The highest BCUT2D eigenvalue weighted by Gasteiger charge is 2.45. The van der Waals surface area contributed by atoms with Crippen LogP contribution < -0.4 is 4.90 Å². The molecular formula is C47H59NO18S4. The number of carboxylic acids is 1. The van der Waals surface area contributed by atoms with Crippen molar-refractivity contribution in [1.82, 2.24) is 0 Å². The second-order valence-corrected chi connectivity index (χ2v) is 22.9. The molecule has 384 valence electrons. The van der Waals surface area contributed by atoms with Crippen LogP contribution in [0.4, 0.5) is 5.69 Å². The van der Waals surface area contributed by atoms with Gasteiger partial charge in [-0.2, -0.15) is 33.7 Å². The first-order valence-electron chi connectivity index (χ1n) is 21.9. The fourth-order valence-corrected chi connectivity index (χ4v) is 11.8. The van der Waals surface area contributed by atoms with Crippen molar-refractivity contribution < 1.29 is 80.7 Å². The molecular weight excluding hydrogens is 995 g/mol. The maximum atomic E-state index is 12.8. The number of carbonyl (C=O) groups is 1. The molecule has 70 heavy (non-hydrogen) atoms. The average Bonchev–Trinajstić information content (AvgIpc) is 3.49. The summed E-state index contributed by atoms with van der Waals surface area (Å²) in [6, 6.07) is 9.70. The summed E-state index contributed by atoms with van der Waals surface area (Å²) in [5.74, 6) is -0.959. The minimum atomic E-state index is -5.07. The van der Waals surface area contributed by atoms with Gasteiger partial charge in [-0.3, -0.25) is 23.0 Å². The molecule has 0 saturated heterocycles. The van der Waals surface area contributed by atoms with Gasteiger partial charge in [-0.15, -0.1) is 0 Å². The van der Waals surface area contributed by atoms with Crippen LogP contribution in [-0.4, -0.2) is 123 Å². The lowest BCUT2D eigenvalue weighted by atomic mass is 9.70. The highest BCUT2D eigenvalue weighted by molar-refractivity contribution is 7.87. The highest BCUT2D eigenvalue weighted by atomic mass is 32.2. The third kappa shape index (κ3) is 12.7. The number of aliphatic carboxylic acids is 1. The molecule has 5 rings (SSSR count). The highest BCUT2D eigenvalue weighted by Crippen LogP contribution is 2.54. The van der Waals surface area contributed by atoms with Crippen LogP contribution >= 0.6 is 0 Å². The quantitative estimate of drug-likeness (QED) is 0.0239. The molecule has 4 aromatic rings. The van der Waals surface area contributed by atoms with Crippen LogP contribution in [0.1, 0.15) is 69.1 Å². The van der Waals surface area contributed by atoms with E-state index >= 15 is 0 Å². The van der Waals surface area contributed by atoms with Crippen LogP contribution in [0, 0.1) is 6.92 Å². The zero-order valence-corrected chi connectivity index (χ0v) is 42.6. The van der Waals surface area contributed by atoms with Crippen LogP contribution in [0.3, 0.4) is 0 Å². The Morgan fingerprint density at radius 1 is 0.714 bits per heavy atom. The molecule has 0 saturated carbocycles. The first kappa shape index (κ1) is 56.3. The SMILES string of the molecule is C=C(/C=C/C=C1/N(CCCCCC(=O)O)c2ccc3c(S(=O)(=O)O)cc(S(=O)(=O)O)cc3c2C1(C)CCOCCOC)C(C)(CCOCCOC)c1c(C)ccc2c(S(=O)(=O)O)cc(S(=O)(=O)O)cc12. The number of nitrogens with zero attached hydrogens (tertiary/aromatic N) is 1. The second kappa shape index (κ2) is 22.4. The van der Waals surface area contributed by atoms with Gasteiger partial charge in [0.05, 0.1) is 36.2 Å². The molecule has 0 spiro atoms. The number of hydrogen-bond acceptors (Lipinski definition) is 14. The monoisotopic (exact) mass is 1050 g/mol. The van der Waals surface area contributed by atoms with Crippen molar-refractivity contribution in [3.8, 4) is 0 Å². The van der Waals surface area contributed by atoms with Crippen molar-refractivity contribution in [2.75, 3.05) is 65.3 Å². The Morgan fingerprint density at radius 2 is 1.26 bits per heavy atom. The molecule has 23 heteroatoms. The molecule has 2 unspecified atom stereocenters. The summed E-state index contributed by atoms with van der Waals surface area (Å²) < 4.78 is 165. The molecule has 0 bridgehead atoms. The van der Waals surface area contributed by atoms with Gasteiger partial charge in [0.15, 0.2) is 0 Å². The zero-order valence-electron chi connectivity index (χ0n) is 39.4. The molecule has 0 amide bonds. The van der Waals surface area contributed by atoms with Gasteiger partial charge in [-0.1, -0.05) is 50.3 Å². The number of fused-ring (bicyclic) bond motifs is 4. The fraction of sp³-hybridized carbons (Fsp3) is 0.426. The number of methoxy groups -OCH3 is 2. The van der Waals surface area contributed by atoms with Crippen molar-refractivity contribution in [2.24, 2.45) is 0 Å². The molecule has 1 heterocycles. The molecule has 4 aromatic carbocycles. The van der Waals surface area contributed by atoms with Gasteiger partial charge < -0.3 is 29.0 Å². The summed E-state index contributed by atoms with van der Waals surface area (Å²) in [7, 11) is -17.1. The lowest BCUT2D eigenvalue weighted by Crippen LogP contribution is -2.31. The van der Waals surface area contributed by atoms with Crippen LogP contribution in [0.5, 0.6) is 0 Å². The summed E-state index contributed by atoms with van der Waals surface area (Å²) in [4.78, 5) is 10.2. The molecule has 0 fully saturated rings. The van der Waals surface area contributed by atoms with Crippen molar-refractivity contribution in [3.63, 3.8) is 0 Å². The number of allylic oxidation sites excluding steroid dienone is 5. The van der Waals surface area contributed by atoms with E-state index in [0.29, 0.717) is 71.6 Å². The third-order valence-electron chi connectivity index (χ3n) is 12.6. The first-order valence-corrected chi connectivity index (χ1v) is 27.7. The van der Waals surface area contributed by atoms with Crippen molar-refractivity contribution in [1.29, 1.82) is 0 Å². The van der Waals surface area contributed by atoms with E-state index in [1.165, 1.54) is 26.4 Å². The Morgan fingerprint density at radius 3 is 1.80 bits per heavy atom. The van der Waals surface area contributed by atoms with Crippen LogP contribution in [0.15, 0.2) is 104 Å². The summed E-state index contributed by atoms with van der Waals surface area (Å²) in [6.45, 7) is 11.3. The van der Waals surface area contributed by atoms with Gasteiger partial charge in [0.2, 0.25) is 0 Å². The van der Waals surface area contributed by atoms with E-state index in [1.54, 1.807) is 44.2 Å². The lowest BCUT2D eigenvalue weighted by Gasteiger charge is -2.34. The number of carboxylic acid groups (broad SMARTS) is 1. The summed E-state index contributed by atoms with van der Waals surface area (Å²) >= 11 is 0. The van der Waals surface area contributed by atoms with Crippen LogP contribution in [-0.2, 0) is 75.0 Å². The van der Waals surface area contributed by atoms with E-state index in [-0.39, 0.29) is 80.4 Å². The zero-order chi connectivity index (χ0) is 52.0. The minimum Gasteiger partial charge on any atom is -0.481 e. The predicted molar refractivity (Wildman–Crippen MR) is 261 cm³/mol. The maximum Gasteiger partial charge on any atom is 0.303 e. The van der Waals surface area contributed by atoms with Crippen LogP contribution in [0.25, 0.3) is 21.5 Å². The Hall–Kier alpha value is -4.63. The molecule has 1 aliphatic rings. The van der Waals surface area contributed by atoms with E-state index in [1.807, 2.05) is 11.8 Å². The van der Waals surface area contributed by atoms with Crippen molar-refractivity contribution in [3.05, 3.63) is 101 Å². The standard InChI is InChI=1S/C47H59NO18S4/c1-31-14-15-35-37(27-33(67(51,52)53)29-40(35)69(57,58)59)44(31)46(3,18-21-65-25-23-63-5)32(2)11-10-12-42-47(4,19-22-66-26-24-64-6)45-38-28-34(68(54,55)56)30-41(70(60,61)62)36(38)16-17-39(45)48(42)20-9-7-8-13-43(49)50/h10-12,14-17,27-30H,2,7-9,13,18-26H2,1,3-6H3,(H,49,50)(H,51,52,53)(H,54,55,56)(H,57,58,59)(H,60,61,62)/b11-10+,42-12+. The number of ether oxygens (including phenoxy) is 4. The van der Waals surface area contributed by atoms with E-state index < -0.39 is 76.9 Å². The third-order valence-corrected chi connectivity index (χ3v) is 16.1. The number of anilines is 1. The van der Waals surface area contributed by atoms with E-state index in [4.69, 9.17) is 18.9 Å². The largest absolute Gasteiger partial charge is 0.481 e. The normalized spacial score (nSPS) is 17.2.